The Hall–Kier alpha value is -1.91. The molecular weight excluding hydrogens is 299 g/mol. The lowest BCUT2D eigenvalue weighted by atomic mass is 9.76. The van der Waals surface area contributed by atoms with Gasteiger partial charge in [0.15, 0.2) is 11.6 Å². The van der Waals surface area contributed by atoms with Crippen molar-refractivity contribution in [1.82, 2.24) is 0 Å². The molecule has 1 aliphatic heterocycles. The number of carbonyl (C=O) groups excluding carboxylic acids is 2. The zero-order valence-electron chi connectivity index (χ0n) is 13.0. The average molecular weight is 320 g/mol. The van der Waals surface area contributed by atoms with Crippen LogP contribution in [-0.4, -0.2) is 22.5 Å². The van der Waals surface area contributed by atoms with E-state index in [1.165, 1.54) is 12.1 Å². The third-order valence-electron chi connectivity index (χ3n) is 5.10. The predicted molar refractivity (Wildman–Crippen MR) is 81.4 cm³/mol. The van der Waals surface area contributed by atoms with Crippen LogP contribution in [0.4, 0.5) is 4.39 Å². The van der Waals surface area contributed by atoms with Crippen molar-refractivity contribution < 1.29 is 23.8 Å². The van der Waals surface area contributed by atoms with Crippen molar-refractivity contribution >= 4 is 11.8 Å². The number of aryl methyl sites for hydroxylation is 1. The summed E-state index contributed by atoms with van der Waals surface area (Å²) in [6.45, 7) is 0. The fourth-order valence-electron chi connectivity index (χ4n) is 3.94. The van der Waals surface area contributed by atoms with Crippen LogP contribution >= 0.6 is 0 Å². The highest BCUT2D eigenvalue weighted by molar-refractivity contribution is 5.98. The maximum absolute atomic E-state index is 13.5. The van der Waals surface area contributed by atoms with E-state index in [1.54, 1.807) is 6.07 Å². The topological polar surface area (TPSA) is 63.6 Å². The highest BCUT2D eigenvalue weighted by atomic mass is 19.1. The second kappa shape index (κ2) is 6.30. The van der Waals surface area contributed by atoms with Crippen LogP contribution < -0.4 is 0 Å². The van der Waals surface area contributed by atoms with Crippen molar-refractivity contribution in [3.05, 3.63) is 29.6 Å². The normalized spacial score (nSPS) is 25.6. The van der Waals surface area contributed by atoms with Crippen molar-refractivity contribution in [2.24, 2.45) is 5.92 Å². The Bertz CT molecular complexity index is 603. The molecule has 0 spiro atoms. The number of carbonyl (C=O) groups is 2. The summed E-state index contributed by atoms with van der Waals surface area (Å²) in [5, 5.41) is 9.26. The molecule has 2 fully saturated rings. The molecule has 3 rings (SSSR count). The monoisotopic (exact) mass is 320 g/mol. The Labute approximate surface area is 134 Å². The smallest absolute Gasteiger partial charge is 0.313 e. The third kappa shape index (κ3) is 3.38. The predicted octanol–water partition coefficient (Wildman–Crippen LogP) is 3.30. The lowest BCUT2D eigenvalue weighted by Gasteiger charge is -2.41. The number of aromatic hydroxyl groups is 1. The van der Waals surface area contributed by atoms with Gasteiger partial charge in [0.1, 0.15) is 17.8 Å². The molecule has 1 N–H and O–H groups in total. The van der Waals surface area contributed by atoms with E-state index in [4.69, 9.17) is 4.74 Å². The van der Waals surface area contributed by atoms with E-state index in [-0.39, 0.29) is 30.3 Å². The highest BCUT2D eigenvalue weighted by Crippen LogP contribution is 2.43. The molecule has 1 unspecified atom stereocenters. The second-order valence-electron chi connectivity index (χ2n) is 6.70. The van der Waals surface area contributed by atoms with Gasteiger partial charge in [0.25, 0.3) is 0 Å². The van der Waals surface area contributed by atoms with Crippen molar-refractivity contribution in [3.63, 3.8) is 0 Å². The Kier molecular flexibility index (Phi) is 4.37. The van der Waals surface area contributed by atoms with Crippen LogP contribution in [0.3, 0.4) is 0 Å². The quantitative estimate of drug-likeness (QED) is 0.683. The first kappa shape index (κ1) is 16.0. The Morgan fingerprint density at radius 2 is 2.00 bits per heavy atom. The van der Waals surface area contributed by atoms with Crippen molar-refractivity contribution in [1.29, 1.82) is 0 Å². The molecule has 0 aromatic heterocycles. The lowest BCUT2D eigenvalue weighted by molar-refractivity contribution is -0.178. The van der Waals surface area contributed by atoms with Crippen molar-refractivity contribution in [2.45, 2.75) is 57.0 Å². The van der Waals surface area contributed by atoms with Crippen molar-refractivity contribution in [2.75, 3.05) is 0 Å². The molecule has 2 aliphatic rings. The maximum Gasteiger partial charge on any atom is 0.313 e. The van der Waals surface area contributed by atoms with Crippen LogP contribution in [0.25, 0.3) is 0 Å². The molecule has 1 aromatic carbocycles. The van der Waals surface area contributed by atoms with Crippen LogP contribution in [-0.2, 0) is 20.7 Å². The summed E-state index contributed by atoms with van der Waals surface area (Å²) in [6.07, 6.45) is 5.26. The fourth-order valence-corrected chi connectivity index (χ4v) is 3.94. The van der Waals surface area contributed by atoms with Gasteiger partial charge < -0.3 is 9.84 Å². The number of rotatable bonds is 4. The van der Waals surface area contributed by atoms with Gasteiger partial charge in [-0.3, -0.25) is 9.59 Å². The SMILES string of the molecule is O=C1CC(=O)OC(CCc2ccc(O)c(F)c2)(C2CCCC2)C1. The largest absolute Gasteiger partial charge is 0.505 e. The van der Waals surface area contributed by atoms with E-state index in [0.717, 1.165) is 31.2 Å². The van der Waals surface area contributed by atoms with Crippen LogP contribution in [0.5, 0.6) is 5.75 Å². The first-order valence-corrected chi connectivity index (χ1v) is 8.19. The summed E-state index contributed by atoms with van der Waals surface area (Å²) < 4.78 is 19.2. The highest BCUT2D eigenvalue weighted by Gasteiger charge is 2.47. The molecule has 1 saturated carbocycles. The van der Waals surface area contributed by atoms with Crippen LogP contribution in [0.1, 0.15) is 50.5 Å². The van der Waals surface area contributed by atoms with Gasteiger partial charge in [-0.2, -0.15) is 0 Å². The first-order valence-electron chi connectivity index (χ1n) is 8.19. The van der Waals surface area contributed by atoms with E-state index in [2.05, 4.69) is 0 Å². The zero-order chi connectivity index (χ0) is 16.4. The molecule has 0 bridgehead atoms. The molecule has 1 aliphatic carbocycles. The van der Waals surface area contributed by atoms with Gasteiger partial charge in [-0.15, -0.1) is 0 Å². The average Bonchev–Trinajstić information content (AvgIpc) is 3.02. The maximum atomic E-state index is 13.5. The molecule has 0 amide bonds. The number of Topliss-reactive ketones (excluding diaryl/α,β-unsaturated/α-hetero) is 1. The summed E-state index contributed by atoms with van der Waals surface area (Å²) in [5.41, 5.74) is -0.0103. The van der Waals surface area contributed by atoms with E-state index in [1.807, 2.05) is 0 Å². The molecule has 0 radical (unpaired) electrons. The number of hydrogen-bond donors (Lipinski definition) is 1. The van der Waals surface area contributed by atoms with Gasteiger partial charge in [-0.1, -0.05) is 18.9 Å². The van der Waals surface area contributed by atoms with Gasteiger partial charge in [0.05, 0.1) is 0 Å². The second-order valence-corrected chi connectivity index (χ2v) is 6.70. The molecule has 1 aromatic rings. The number of benzene rings is 1. The number of phenolic OH excluding ortho intramolecular Hbond substituents is 1. The standard InChI is InChI=1S/C18H21FO4/c19-15-9-12(5-6-16(15)21)7-8-18(13-3-1-2-4-13)11-14(20)10-17(22)23-18/h5-6,9,13,21H,1-4,7-8,10-11H2. The number of hydrogen-bond acceptors (Lipinski definition) is 4. The van der Waals surface area contributed by atoms with Gasteiger partial charge in [0.2, 0.25) is 0 Å². The summed E-state index contributed by atoms with van der Waals surface area (Å²) in [7, 11) is 0. The van der Waals surface area contributed by atoms with E-state index >= 15 is 0 Å². The first-order chi connectivity index (χ1) is 11.0. The van der Waals surface area contributed by atoms with Crippen LogP contribution in [0, 0.1) is 11.7 Å². The molecule has 124 valence electrons. The van der Waals surface area contributed by atoms with Crippen molar-refractivity contribution in [3.8, 4) is 5.75 Å². The molecule has 1 saturated heterocycles. The number of halogens is 1. The molecular formula is C18H21FO4. The van der Waals surface area contributed by atoms with Gasteiger partial charge >= 0.3 is 5.97 Å². The molecule has 1 heterocycles. The Morgan fingerprint density at radius 1 is 1.26 bits per heavy atom. The van der Waals surface area contributed by atoms with E-state index < -0.39 is 17.4 Å². The summed E-state index contributed by atoms with van der Waals surface area (Å²) in [6, 6.07) is 4.28. The number of cyclic esters (lactones) is 1. The molecule has 4 nitrogen and oxygen atoms in total. The minimum atomic E-state index is -0.739. The minimum absolute atomic E-state index is 0.0648. The summed E-state index contributed by atoms with van der Waals surface area (Å²) in [5.74, 6) is -1.33. The van der Waals surface area contributed by atoms with Crippen LogP contribution in [0.15, 0.2) is 18.2 Å². The molecule has 5 heteroatoms. The zero-order valence-corrected chi connectivity index (χ0v) is 13.0. The molecule has 23 heavy (non-hydrogen) atoms. The van der Waals surface area contributed by atoms with E-state index in [9.17, 15) is 19.1 Å². The molecule has 1 atom stereocenters. The van der Waals surface area contributed by atoms with Gasteiger partial charge in [-0.25, -0.2) is 4.39 Å². The van der Waals surface area contributed by atoms with Gasteiger partial charge in [0, 0.05) is 6.42 Å². The Balaban J connectivity index is 1.79. The summed E-state index contributed by atoms with van der Waals surface area (Å²) in [4.78, 5) is 23.8. The fraction of sp³-hybridized carbons (Fsp3) is 0.556. The minimum Gasteiger partial charge on any atom is -0.505 e. The van der Waals surface area contributed by atoms with Crippen LogP contribution in [0.2, 0.25) is 0 Å². The number of ketones is 1. The third-order valence-corrected chi connectivity index (χ3v) is 5.10. The number of phenols is 1. The number of esters is 1. The van der Waals surface area contributed by atoms with E-state index in [0.29, 0.717) is 12.8 Å². The lowest BCUT2D eigenvalue weighted by Crippen LogP contribution is -2.48. The summed E-state index contributed by atoms with van der Waals surface area (Å²) >= 11 is 0. The number of ether oxygens (including phenoxy) is 1. The Morgan fingerprint density at radius 3 is 2.65 bits per heavy atom. The van der Waals surface area contributed by atoms with Gasteiger partial charge in [-0.05, 0) is 49.3 Å².